The molecule has 4 nitrogen and oxygen atoms in total. The van der Waals surface area contributed by atoms with Crippen molar-refractivity contribution in [2.24, 2.45) is 5.92 Å². The van der Waals surface area contributed by atoms with Crippen molar-refractivity contribution in [3.05, 3.63) is 0 Å². The zero-order chi connectivity index (χ0) is 14.0. The van der Waals surface area contributed by atoms with E-state index in [-0.39, 0.29) is 12.2 Å². The Balaban J connectivity index is 2.54. The molecule has 1 aliphatic rings. The maximum absolute atomic E-state index is 12.5. The number of hydrogen-bond acceptors (Lipinski definition) is 4. The SMILES string of the molecule is CC[C@@H]1C[C@]1(O)CCP(=O)(OC(C)C)OC(C)C. The van der Waals surface area contributed by atoms with Crippen LogP contribution in [0, 0.1) is 5.92 Å². The van der Waals surface area contributed by atoms with Crippen LogP contribution in [0.3, 0.4) is 0 Å². The summed E-state index contributed by atoms with van der Waals surface area (Å²) < 4.78 is 23.5. The molecule has 0 aromatic heterocycles. The fraction of sp³-hybridized carbons (Fsp3) is 1.00. The van der Waals surface area contributed by atoms with Crippen molar-refractivity contribution < 1.29 is 18.7 Å². The molecule has 108 valence electrons. The largest absolute Gasteiger partial charge is 0.390 e. The Morgan fingerprint density at radius 1 is 1.28 bits per heavy atom. The molecule has 2 atom stereocenters. The van der Waals surface area contributed by atoms with Gasteiger partial charge in [0.15, 0.2) is 0 Å². The van der Waals surface area contributed by atoms with Crippen LogP contribution in [0.15, 0.2) is 0 Å². The molecule has 1 N–H and O–H groups in total. The van der Waals surface area contributed by atoms with E-state index in [0.717, 1.165) is 12.8 Å². The topological polar surface area (TPSA) is 55.8 Å². The lowest BCUT2D eigenvalue weighted by Gasteiger charge is -2.24. The summed E-state index contributed by atoms with van der Waals surface area (Å²) in [7, 11) is -3.09. The van der Waals surface area contributed by atoms with E-state index in [1.807, 2.05) is 27.7 Å². The van der Waals surface area contributed by atoms with Crippen LogP contribution in [0.4, 0.5) is 0 Å². The van der Waals surface area contributed by atoms with Crippen LogP contribution in [0.1, 0.15) is 53.9 Å². The van der Waals surface area contributed by atoms with Gasteiger partial charge >= 0.3 is 7.60 Å². The molecule has 0 bridgehead atoms. The summed E-state index contributed by atoms with van der Waals surface area (Å²) in [5, 5.41) is 10.2. The lowest BCUT2D eigenvalue weighted by molar-refractivity contribution is 0.113. The Morgan fingerprint density at radius 3 is 2.11 bits per heavy atom. The average molecular weight is 278 g/mol. The van der Waals surface area contributed by atoms with Gasteiger partial charge in [-0.2, -0.15) is 0 Å². The molecule has 1 rings (SSSR count). The molecule has 1 aliphatic carbocycles. The third-order valence-electron chi connectivity index (χ3n) is 3.25. The molecule has 18 heavy (non-hydrogen) atoms. The molecule has 0 heterocycles. The molecule has 0 radical (unpaired) electrons. The Hall–Kier alpha value is 0.110. The van der Waals surface area contributed by atoms with Gasteiger partial charge in [0.2, 0.25) is 0 Å². The normalized spacial score (nSPS) is 28.1. The lowest BCUT2D eigenvalue weighted by Crippen LogP contribution is -2.17. The monoisotopic (exact) mass is 278 g/mol. The Kier molecular flexibility index (Phi) is 5.43. The van der Waals surface area contributed by atoms with Gasteiger partial charge in [-0.05, 0) is 46.5 Å². The highest BCUT2D eigenvalue weighted by Crippen LogP contribution is 2.56. The molecule has 0 spiro atoms. The Morgan fingerprint density at radius 2 is 1.78 bits per heavy atom. The molecule has 5 heteroatoms. The predicted octanol–water partition coefficient (Wildman–Crippen LogP) is 3.58. The molecule has 0 amide bonds. The fourth-order valence-electron chi connectivity index (χ4n) is 2.30. The highest BCUT2D eigenvalue weighted by atomic mass is 31.2. The second-order valence-electron chi connectivity index (χ2n) is 5.81. The van der Waals surface area contributed by atoms with E-state index < -0.39 is 13.2 Å². The summed E-state index contributed by atoms with van der Waals surface area (Å²) in [5.74, 6) is 0.351. The van der Waals surface area contributed by atoms with Gasteiger partial charge in [0.1, 0.15) is 0 Å². The quantitative estimate of drug-likeness (QED) is 0.689. The summed E-state index contributed by atoms with van der Waals surface area (Å²) >= 11 is 0. The summed E-state index contributed by atoms with van der Waals surface area (Å²) in [4.78, 5) is 0. The highest BCUT2D eigenvalue weighted by molar-refractivity contribution is 7.53. The molecule has 1 fully saturated rings. The zero-order valence-electron chi connectivity index (χ0n) is 12.2. The van der Waals surface area contributed by atoms with Crippen LogP contribution in [0.2, 0.25) is 0 Å². The summed E-state index contributed by atoms with van der Waals surface area (Å²) in [6.07, 6.45) is 2.32. The Labute approximate surface area is 111 Å². The van der Waals surface area contributed by atoms with Gasteiger partial charge in [0.05, 0.1) is 24.0 Å². The molecule has 0 aromatic carbocycles. The van der Waals surface area contributed by atoms with Crippen LogP contribution in [-0.4, -0.2) is 29.1 Å². The van der Waals surface area contributed by atoms with Gasteiger partial charge in [-0.15, -0.1) is 0 Å². The van der Waals surface area contributed by atoms with E-state index in [1.165, 1.54) is 0 Å². The first-order valence-corrected chi connectivity index (χ1v) is 8.62. The maximum atomic E-state index is 12.5. The number of aliphatic hydroxyl groups is 1. The average Bonchev–Trinajstić information content (AvgIpc) is 2.85. The van der Waals surface area contributed by atoms with Gasteiger partial charge < -0.3 is 14.2 Å². The first kappa shape index (κ1) is 16.2. The van der Waals surface area contributed by atoms with E-state index in [1.54, 1.807) is 0 Å². The van der Waals surface area contributed by atoms with Crippen molar-refractivity contribution >= 4 is 7.60 Å². The number of rotatable bonds is 8. The molecule has 1 saturated carbocycles. The second kappa shape index (κ2) is 6.04. The van der Waals surface area contributed by atoms with Gasteiger partial charge in [-0.1, -0.05) is 13.3 Å². The van der Waals surface area contributed by atoms with Crippen LogP contribution >= 0.6 is 7.60 Å². The summed E-state index contributed by atoms with van der Waals surface area (Å²) in [6.45, 7) is 9.44. The van der Waals surface area contributed by atoms with Crippen molar-refractivity contribution in [1.82, 2.24) is 0 Å². The molecular formula is C13H27O4P. The Bertz CT molecular complexity index is 302. The van der Waals surface area contributed by atoms with Crippen molar-refractivity contribution in [2.45, 2.75) is 71.7 Å². The standard InChI is InChI=1S/C13H27O4P/c1-6-12-9-13(12,14)7-8-18(15,16-10(2)3)17-11(4)5/h10-12,14H,6-9H2,1-5H3/t12-,13-/m1/s1. The van der Waals surface area contributed by atoms with Crippen LogP contribution < -0.4 is 0 Å². The van der Waals surface area contributed by atoms with E-state index in [0.29, 0.717) is 18.5 Å². The van der Waals surface area contributed by atoms with Gasteiger partial charge in [-0.25, -0.2) is 0 Å². The van der Waals surface area contributed by atoms with Crippen molar-refractivity contribution in [2.75, 3.05) is 6.16 Å². The molecular weight excluding hydrogens is 251 g/mol. The first-order chi connectivity index (χ1) is 8.21. The van der Waals surface area contributed by atoms with E-state index >= 15 is 0 Å². The van der Waals surface area contributed by atoms with Crippen LogP contribution in [0.5, 0.6) is 0 Å². The zero-order valence-corrected chi connectivity index (χ0v) is 13.1. The van der Waals surface area contributed by atoms with Crippen LogP contribution in [-0.2, 0) is 13.6 Å². The lowest BCUT2D eigenvalue weighted by atomic mass is 10.2. The smallest absolute Gasteiger partial charge is 0.331 e. The van der Waals surface area contributed by atoms with Crippen molar-refractivity contribution in [3.8, 4) is 0 Å². The van der Waals surface area contributed by atoms with E-state index in [2.05, 4.69) is 6.92 Å². The van der Waals surface area contributed by atoms with Gasteiger partial charge in [0, 0.05) is 0 Å². The van der Waals surface area contributed by atoms with E-state index in [9.17, 15) is 9.67 Å². The van der Waals surface area contributed by atoms with Crippen molar-refractivity contribution in [3.63, 3.8) is 0 Å². The van der Waals surface area contributed by atoms with Crippen LogP contribution in [0.25, 0.3) is 0 Å². The minimum Gasteiger partial charge on any atom is -0.390 e. The predicted molar refractivity (Wildman–Crippen MR) is 72.9 cm³/mol. The molecule has 0 unspecified atom stereocenters. The number of hydrogen-bond donors (Lipinski definition) is 1. The van der Waals surface area contributed by atoms with Crippen molar-refractivity contribution in [1.29, 1.82) is 0 Å². The maximum Gasteiger partial charge on any atom is 0.331 e. The minimum absolute atomic E-state index is 0.134. The van der Waals surface area contributed by atoms with E-state index in [4.69, 9.17) is 9.05 Å². The summed E-state index contributed by atoms with van der Waals surface area (Å²) in [6, 6.07) is 0. The second-order valence-corrected chi connectivity index (χ2v) is 7.90. The molecule has 0 aliphatic heterocycles. The molecule has 0 aromatic rings. The van der Waals surface area contributed by atoms with Gasteiger partial charge in [0.25, 0.3) is 0 Å². The third-order valence-corrected chi connectivity index (χ3v) is 5.51. The third kappa shape index (κ3) is 4.65. The highest BCUT2D eigenvalue weighted by Gasteiger charge is 2.52. The first-order valence-electron chi connectivity index (χ1n) is 6.89. The minimum atomic E-state index is -3.09. The van der Waals surface area contributed by atoms with Gasteiger partial charge in [-0.3, -0.25) is 4.57 Å². The fourth-order valence-corrected chi connectivity index (χ4v) is 4.51. The molecule has 0 saturated heterocycles. The summed E-state index contributed by atoms with van der Waals surface area (Å²) in [5.41, 5.74) is -0.634.